The first kappa shape index (κ1) is 17.1. The predicted molar refractivity (Wildman–Crippen MR) is 84.1 cm³/mol. The van der Waals surface area contributed by atoms with E-state index in [4.69, 9.17) is 0 Å². The largest absolute Gasteiger partial charge is 0.393 e. The maximum atomic E-state index is 12.2. The van der Waals surface area contributed by atoms with Crippen molar-refractivity contribution in [3.05, 3.63) is 21.0 Å². The summed E-state index contributed by atoms with van der Waals surface area (Å²) in [6.07, 6.45) is 1.86. The molecule has 2 N–H and O–H groups in total. The number of nitrogens with one attached hydrogen (secondary N) is 1. The predicted octanol–water partition coefficient (Wildman–Crippen LogP) is 1.14. The number of likely N-dealkylation sites (N-methyl/N-ethyl adjacent to an activating group) is 1. The number of nitrogens with zero attached hydrogens (tertiary/aromatic N) is 3. The number of halogens is 1. The van der Waals surface area contributed by atoms with E-state index in [0.717, 1.165) is 6.54 Å². The van der Waals surface area contributed by atoms with Gasteiger partial charge in [-0.3, -0.25) is 4.79 Å². The van der Waals surface area contributed by atoms with Gasteiger partial charge in [0.15, 0.2) is 0 Å². The lowest BCUT2D eigenvalue weighted by atomic mass is 10.1. The topological polar surface area (TPSA) is 70.4 Å². The minimum absolute atomic E-state index is 0.0603. The molecule has 1 aromatic rings. The van der Waals surface area contributed by atoms with Gasteiger partial charge in [-0.25, -0.2) is 4.68 Å². The Bertz CT molecular complexity index is 488. The average Bonchev–Trinajstić information content (AvgIpc) is 2.33. The third-order valence-corrected chi connectivity index (χ3v) is 3.61. The van der Waals surface area contributed by atoms with Gasteiger partial charge < -0.3 is 15.3 Å². The molecule has 1 heterocycles. The lowest BCUT2D eigenvalue weighted by Gasteiger charge is -2.18. The summed E-state index contributed by atoms with van der Waals surface area (Å²) in [7, 11) is 3.90. The summed E-state index contributed by atoms with van der Waals surface area (Å²) in [4.78, 5) is 14.2. The van der Waals surface area contributed by atoms with Crippen molar-refractivity contribution in [2.75, 3.05) is 26.0 Å². The highest BCUT2D eigenvalue weighted by molar-refractivity contribution is 9.10. The molecular formula is C13H23BrN4O2. The van der Waals surface area contributed by atoms with Crippen LogP contribution in [-0.2, 0) is 6.54 Å². The van der Waals surface area contributed by atoms with Crippen molar-refractivity contribution in [1.82, 2.24) is 14.7 Å². The Labute approximate surface area is 127 Å². The average molecular weight is 347 g/mol. The van der Waals surface area contributed by atoms with Crippen LogP contribution in [-0.4, -0.2) is 52.6 Å². The van der Waals surface area contributed by atoms with E-state index in [9.17, 15) is 9.90 Å². The van der Waals surface area contributed by atoms with E-state index in [1.54, 1.807) is 13.1 Å². The van der Waals surface area contributed by atoms with Crippen molar-refractivity contribution in [2.45, 2.75) is 39.0 Å². The molecule has 0 aliphatic rings. The molecule has 114 valence electrons. The van der Waals surface area contributed by atoms with Crippen LogP contribution in [0, 0.1) is 0 Å². The molecule has 1 rings (SSSR count). The summed E-state index contributed by atoms with van der Waals surface area (Å²) in [5.74, 6) is 0. The maximum absolute atomic E-state index is 12.2. The molecular weight excluding hydrogens is 324 g/mol. The summed E-state index contributed by atoms with van der Waals surface area (Å²) in [5.41, 5.74) is 0.505. The second-order valence-corrected chi connectivity index (χ2v) is 6.13. The number of aliphatic hydroxyl groups is 1. The first-order chi connectivity index (χ1) is 9.31. The van der Waals surface area contributed by atoms with E-state index < -0.39 is 0 Å². The van der Waals surface area contributed by atoms with Crippen LogP contribution < -0.4 is 10.9 Å². The zero-order valence-electron chi connectivity index (χ0n) is 12.4. The standard InChI is InChI=1S/C13H23BrN4O2/c1-9(7-10(2)19)16-11-8-15-18(6-5-17(3)4)13(20)12(11)14/h8-10,16,19H,5-7H2,1-4H3. The molecule has 0 aliphatic carbocycles. The molecule has 0 aliphatic heterocycles. The Morgan fingerprint density at radius 2 is 2.15 bits per heavy atom. The van der Waals surface area contributed by atoms with Gasteiger partial charge in [0.2, 0.25) is 0 Å². The maximum Gasteiger partial charge on any atom is 0.283 e. The molecule has 2 atom stereocenters. The number of hydrogen-bond acceptors (Lipinski definition) is 5. The van der Waals surface area contributed by atoms with Crippen molar-refractivity contribution < 1.29 is 5.11 Å². The molecule has 6 nitrogen and oxygen atoms in total. The van der Waals surface area contributed by atoms with Crippen LogP contribution in [0.4, 0.5) is 5.69 Å². The summed E-state index contributed by atoms with van der Waals surface area (Å²) in [6.45, 7) is 5.00. The van der Waals surface area contributed by atoms with Crippen LogP contribution >= 0.6 is 15.9 Å². The smallest absolute Gasteiger partial charge is 0.283 e. The summed E-state index contributed by atoms with van der Waals surface area (Å²) < 4.78 is 1.91. The van der Waals surface area contributed by atoms with Crippen LogP contribution in [0.15, 0.2) is 15.5 Å². The summed E-state index contributed by atoms with van der Waals surface area (Å²) in [6, 6.07) is 0.0603. The number of hydrogen-bond donors (Lipinski definition) is 2. The van der Waals surface area contributed by atoms with E-state index in [2.05, 4.69) is 26.3 Å². The minimum Gasteiger partial charge on any atom is -0.393 e. The Morgan fingerprint density at radius 1 is 1.50 bits per heavy atom. The fourth-order valence-electron chi connectivity index (χ4n) is 1.86. The fraction of sp³-hybridized carbons (Fsp3) is 0.692. The number of rotatable bonds is 7. The molecule has 0 radical (unpaired) electrons. The Balaban J connectivity index is 2.81. The van der Waals surface area contributed by atoms with Crippen LogP contribution in [0.3, 0.4) is 0 Å². The minimum atomic E-state index is -0.385. The van der Waals surface area contributed by atoms with Crippen LogP contribution in [0.25, 0.3) is 0 Å². The van der Waals surface area contributed by atoms with Crippen molar-refractivity contribution in [1.29, 1.82) is 0 Å². The first-order valence-electron chi connectivity index (χ1n) is 6.66. The van der Waals surface area contributed by atoms with Gasteiger partial charge in [0.1, 0.15) is 4.47 Å². The molecule has 1 aromatic heterocycles. The van der Waals surface area contributed by atoms with Gasteiger partial charge in [0, 0.05) is 12.6 Å². The van der Waals surface area contributed by atoms with Crippen molar-refractivity contribution in [3.63, 3.8) is 0 Å². The van der Waals surface area contributed by atoms with Gasteiger partial charge >= 0.3 is 0 Å². The molecule has 0 bridgehead atoms. The highest BCUT2D eigenvalue weighted by Gasteiger charge is 2.12. The van der Waals surface area contributed by atoms with Crippen LogP contribution in [0.2, 0.25) is 0 Å². The third-order valence-electron chi connectivity index (χ3n) is 2.84. The Kier molecular flexibility index (Phi) is 6.64. The molecule has 0 fully saturated rings. The van der Waals surface area contributed by atoms with Gasteiger partial charge in [0.05, 0.1) is 24.5 Å². The molecule has 7 heteroatoms. The lowest BCUT2D eigenvalue weighted by Crippen LogP contribution is -2.30. The van der Waals surface area contributed by atoms with E-state index in [1.165, 1.54) is 4.68 Å². The normalized spacial score (nSPS) is 14.3. The molecule has 0 amide bonds. The first-order valence-corrected chi connectivity index (χ1v) is 7.45. The number of aliphatic hydroxyl groups excluding tert-OH is 1. The monoisotopic (exact) mass is 346 g/mol. The second-order valence-electron chi connectivity index (χ2n) is 5.33. The van der Waals surface area contributed by atoms with Crippen molar-refractivity contribution >= 4 is 21.6 Å². The molecule has 0 saturated carbocycles. The highest BCUT2D eigenvalue weighted by atomic mass is 79.9. The van der Waals surface area contributed by atoms with Crippen LogP contribution in [0.1, 0.15) is 20.3 Å². The van der Waals surface area contributed by atoms with E-state index in [1.807, 2.05) is 25.9 Å². The van der Waals surface area contributed by atoms with Gasteiger partial charge in [-0.05, 0) is 50.3 Å². The fourth-order valence-corrected chi connectivity index (χ4v) is 2.28. The van der Waals surface area contributed by atoms with E-state index in [-0.39, 0.29) is 17.7 Å². The summed E-state index contributed by atoms with van der Waals surface area (Å²) >= 11 is 3.32. The highest BCUT2D eigenvalue weighted by Crippen LogP contribution is 2.18. The zero-order chi connectivity index (χ0) is 15.3. The number of anilines is 1. The lowest BCUT2D eigenvalue weighted by molar-refractivity contribution is 0.179. The zero-order valence-corrected chi connectivity index (χ0v) is 14.0. The second kappa shape index (κ2) is 7.75. The summed E-state index contributed by atoms with van der Waals surface area (Å²) in [5, 5.41) is 16.7. The third kappa shape index (κ3) is 5.22. The van der Waals surface area contributed by atoms with E-state index in [0.29, 0.717) is 23.1 Å². The SMILES string of the molecule is CC(O)CC(C)Nc1cnn(CCN(C)C)c(=O)c1Br. The Morgan fingerprint density at radius 3 is 2.70 bits per heavy atom. The molecule has 0 aromatic carbocycles. The van der Waals surface area contributed by atoms with Gasteiger partial charge in [-0.2, -0.15) is 5.10 Å². The van der Waals surface area contributed by atoms with Gasteiger partial charge in [-0.1, -0.05) is 0 Å². The van der Waals surface area contributed by atoms with E-state index >= 15 is 0 Å². The Hall–Kier alpha value is -0.920. The molecule has 0 saturated heterocycles. The number of aromatic nitrogens is 2. The molecule has 2 unspecified atom stereocenters. The molecule has 0 spiro atoms. The van der Waals surface area contributed by atoms with Crippen molar-refractivity contribution in [2.24, 2.45) is 0 Å². The van der Waals surface area contributed by atoms with Gasteiger partial charge in [0.25, 0.3) is 5.56 Å². The van der Waals surface area contributed by atoms with Gasteiger partial charge in [-0.15, -0.1) is 0 Å². The molecule has 20 heavy (non-hydrogen) atoms. The van der Waals surface area contributed by atoms with Crippen molar-refractivity contribution in [3.8, 4) is 0 Å². The quantitative estimate of drug-likeness (QED) is 0.774. The van der Waals surface area contributed by atoms with Crippen LogP contribution in [0.5, 0.6) is 0 Å².